The lowest BCUT2D eigenvalue weighted by atomic mass is 9.86. The van der Waals surface area contributed by atoms with Gasteiger partial charge in [0.1, 0.15) is 17.2 Å². The summed E-state index contributed by atoms with van der Waals surface area (Å²) in [5.74, 6) is -0.806. The van der Waals surface area contributed by atoms with E-state index in [9.17, 15) is 34.5 Å². The van der Waals surface area contributed by atoms with Crippen molar-refractivity contribution >= 4 is 40.3 Å². The summed E-state index contributed by atoms with van der Waals surface area (Å²) in [6, 6.07) is 34.1. The zero-order chi connectivity index (χ0) is 48.5. The van der Waals surface area contributed by atoms with Gasteiger partial charge in [-0.25, -0.2) is 4.79 Å². The van der Waals surface area contributed by atoms with E-state index >= 15 is 0 Å². The Hall–Kier alpha value is -6.75. The SMILES string of the molecule is COc1cc(C(=O)N[C@H]2C[C@H](NC(=O)COc3cccc([C@](O)(C(=O)OCC4CCN(Cc5ccccc5)CC4)c4ccccc4)c3)C2)c(Cl)cc1CNC[C@H](O)c1ccc(O)c2[nH]c(=O)ccc12. The van der Waals surface area contributed by atoms with E-state index in [0.717, 1.165) is 32.5 Å². The van der Waals surface area contributed by atoms with Gasteiger partial charge in [-0.15, -0.1) is 0 Å². The molecule has 0 spiro atoms. The number of nitrogens with one attached hydrogen (secondary N) is 4. The van der Waals surface area contributed by atoms with Gasteiger partial charge in [-0.2, -0.15) is 0 Å². The number of likely N-dealkylation sites (tertiary alicyclic amines) is 1. The van der Waals surface area contributed by atoms with Gasteiger partial charge in [0.05, 0.1) is 35.9 Å². The molecule has 8 rings (SSSR count). The molecule has 2 amide bonds. The van der Waals surface area contributed by atoms with Crippen molar-refractivity contribution in [1.82, 2.24) is 25.8 Å². The molecule has 1 aliphatic heterocycles. The van der Waals surface area contributed by atoms with Crippen molar-refractivity contribution in [3.63, 3.8) is 0 Å². The second-order valence-corrected chi connectivity index (χ2v) is 18.1. The highest BCUT2D eigenvalue weighted by Gasteiger charge is 2.42. The molecule has 6 aromatic rings. The smallest absolute Gasteiger partial charge is 0.347 e. The number of fused-ring (bicyclic) bond motifs is 1. The summed E-state index contributed by atoms with van der Waals surface area (Å²) in [6.45, 7) is 2.88. The van der Waals surface area contributed by atoms with Gasteiger partial charge in [-0.3, -0.25) is 19.3 Å². The molecule has 2 heterocycles. The highest BCUT2D eigenvalue weighted by molar-refractivity contribution is 6.34. The summed E-state index contributed by atoms with van der Waals surface area (Å²) < 4.78 is 17.3. The van der Waals surface area contributed by atoms with Crippen LogP contribution < -0.4 is 31.0 Å². The van der Waals surface area contributed by atoms with Crippen molar-refractivity contribution in [3.8, 4) is 17.2 Å². The summed E-state index contributed by atoms with van der Waals surface area (Å²) in [5, 5.41) is 43.1. The summed E-state index contributed by atoms with van der Waals surface area (Å²) in [5.41, 5.74) is 0.973. The number of H-pyrrole nitrogens is 1. The van der Waals surface area contributed by atoms with Crippen LogP contribution in [0, 0.1) is 5.92 Å². The van der Waals surface area contributed by atoms with Crippen LogP contribution in [-0.2, 0) is 33.0 Å². The number of aliphatic hydroxyl groups is 2. The predicted molar refractivity (Wildman–Crippen MR) is 260 cm³/mol. The van der Waals surface area contributed by atoms with Gasteiger partial charge >= 0.3 is 5.97 Å². The zero-order valence-electron chi connectivity index (χ0n) is 38.2. The monoisotopic (exact) mass is 957 g/mol. The maximum absolute atomic E-state index is 13.9. The summed E-state index contributed by atoms with van der Waals surface area (Å²) >= 11 is 6.60. The highest BCUT2D eigenvalue weighted by atomic mass is 35.5. The van der Waals surface area contributed by atoms with Gasteiger partial charge in [0.25, 0.3) is 11.8 Å². The van der Waals surface area contributed by atoms with Crippen molar-refractivity contribution in [2.24, 2.45) is 5.92 Å². The Morgan fingerprint density at radius 3 is 2.32 bits per heavy atom. The van der Waals surface area contributed by atoms with Crippen molar-refractivity contribution in [1.29, 1.82) is 0 Å². The fourth-order valence-corrected chi connectivity index (χ4v) is 9.25. The number of hydrogen-bond donors (Lipinski definition) is 7. The Balaban J connectivity index is 0.793. The second kappa shape index (κ2) is 22.1. The van der Waals surface area contributed by atoms with E-state index in [1.807, 2.05) is 18.2 Å². The number of phenols is 1. The lowest BCUT2D eigenvalue weighted by Gasteiger charge is -2.36. The van der Waals surface area contributed by atoms with Gasteiger partial charge in [-0.05, 0) is 97.8 Å². The van der Waals surface area contributed by atoms with Crippen LogP contribution in [0.25, 0.3) is 10.9 Å². The van der Waals surface area contributed by atoms with Crippen LogP contribution in [0.15, 0.2) is 126 Å². The minimum atomic E-state index is -2.13. The minimum absolute atomic E-state index is 0.102. The van der Waals surface area contributed by atoms with Crippen LogP contribution in [0.1, 0.15) is 70.0 Å². The molecule has 2 atom stereocenters. The number of aromatic hydroxyl groups is 1. The number of benzene rings is 5. The molecule has 1 saturated carbocycles. The number of pyridine rings is 1. The quantitative estimate of drug-likeness (QED) is 0.0476. The van der Waals surface area contributed by atoms with Gasteiger partial charge < -0.3 is 50.5 Å². The lowest BCUT2D eigenvalue weighted by Crippen LogP contribution is -2.54. The van der Waals surface area contributed by atoms with Crippen molar-refractivity contribution in [2.45, 2.75) is 62.6 Å². The number of methoxy groups -OCH3 is 1. The maximum atomic E-state index is 13.9. The van der Waals surface area contributed by atoms with Crippen LogP contribution in [0.3, 0.4) is 0 Å². The molecule has 15 nitrogen and oxygen atoms in total. The number of esters is 1. The normalized spacial score (nSPS) is 17.5. The molecular formula is C53H56ClN5O10. The number of ether oxygens (including phenoxy) is 3. The largest absolute Gasteiger partial charge is 0.506 e. The fraction of sp³-hybridized carbons (Fsp3) is 0.321. The second-order valence-electron chi connectivity index (χ2n) is 17.7. The number of halogens is 1. The molecule has 0 radical (unpaired) electrons. The molecule has 1 aromatic heterocycles. The van der Waals surface area contributed by atoms with E-state index in [0.29, 0.717) is 40.7 Å². The number of aromatic amines is 1. The van der Waals surface area contributed by atoms with Gasteiger partial charge in [0, 0.05) is 54.3 Å². The van der Waals surface area contributed by atoms with E-state index in [4.69, 9.17) is 25.8 Å². The third-order valence-corrected chi connectivity index (χ3v) is 13.2. The van der Waals surface area contributed by atoms with Gasteiger partial charge in [0.15, 0.2) is 6.61 Å². The van der Waals surface area contributed by atoms with Crippen LogP contribution in [0.5, 0.6) is 17.2 Å². The molecule has 2 aliphatic rings. The number of amides is 2. The average molecular weight is 959 g/mol. The number of nitrogens with zero attached hydrogens (tertiary/aromatic N) is 1. The Kier molecular flexibility index (Phi) is 15.6. The number of carbonyl (C=O) groups excluding carboxylic acids is 3. The highest BCUT2D eigenvalue weighted by Crippen LogP contribution is 2.35. The predicted octanol–water partition coefficient (Wildman–Crippen LogP) is 5.87. The van der Waals surface area contributed by atoms with Crippen molar-refractivity contribution in [2.75, 3.05) is 40.0 Å². The molecule has 360 valence electrons. The maximum Gasteiger partial charge on any atom is 0.347 e. The van der Waals surface area contributed by atoms with E-state index in [1.54, 1.807) is 78.9 Å². The molecule has 1 aliphatic carbocycles. The standard InChI is InChI=1S/C53H56ClN5O10/c1-67-47-27-43(44(54)23-35(47)28-55-29-46(61)41-15-17-45(60)50-42(41)16-18-48(62)58-50)51(64)57-39-25-38(26-39)56-49(63)32-68-40-14-8-13-37(24-40)53(66,36-11-6-3-7-12-36)52(65)69-31-34-19-21-59(22-20-34)30-33-9-4-2-5-10-33/h2-18,23-24,27,34,38-39,46,55,60-61,66H,19-22,25-26,28-32H2,1H3,(H,56,63)(H,57,64)(H,58,62)/t38-,39-,46-,53-/m0/s1. The number of aliphatic hydroxyl groups excluding tert-OH is 1. The number of carbonyl (C=O) groups is 3. The fourth-order valence-electron chi connectivity index (χ4n) is 8.98. The van der Waals surface area contributed by atoms with E-state index in [2.05, 4.69) is 38.0 Å². The Bertz CT molecular complexity index is 2820. The average Bonchev–Trinajstić information content (AvgIpc) is 3.35. The molecule has 0 unspecified atom stereocenters. The van der Waals surface area contributed by atoms with E-state index < -0.39 is 23.6 Å². The Morgan fingerprint density at radius 2 is 1.58 bits per heavy atom. The van der Waals surface area contributed by atoms with Crippen LogP contribution in [0.2, 0.25) is 5.02 Å². The first kappa shape index (κ1) is 48.7. The summed E-state index contributed by atoms with van der Waals surface area (Å²) in [4.78, 5) is 57.0. The van der Waals surface area contributed by atoms with Gasteiger partial charge in [0.2, 0.25) is 11.2 Å². The van der Waals surface area contributed by atoms with Gasteiger partial charge in [-0.1, -0.05) is 90.5 Å². The van der Waals surface area contributed by atoms with Crippen LogP contribution >= 0.6 is 11.6 Å². The Morgan fingerprint density at radius 1 is 0.870 bits per heavy atom. The third kappa shape index (κ3) is 11.8. The lowest BCUT2D eigenvalue weighted by molar-refractivity contribution is -0.164. The Labute approximate surface area is 404 Å². The van der Waals surface area contributed by atoms with Crippen LogP contribution in [-0.4, -0.2) is 95.0 Å². The molecule has 2 fully saturated rings. The van der Waals surface area contributed by atoms with Crippen molar-refractivity contribution in [3.05, 3.63) is 170 Å². The van der Waals surface area contributed by atoms with Crippen LogP contribution in [0.4, 0.5) is 0 Å². The minimum Gasteiger partial charge on any atom is -0.506 e. The summed E-state index contributed by atoms with van der Waals surface area (Å²) in [6.07, 6.45) is 1.73. The van der Waals surface area contributed by atoms with E-state index in [1.165, 1.54) is 24.8 Å². The number of hydrogen-bond acceptors (Lipinski definition) is 12. The first-order valence-electron chi connectivity index (χ1n) is 23.0. The molecule has 0 bridgehead atoms. The van der Waals surface area contributed by atoms with E-state index in [-0.39, 0.29) is 88.9 Å². The molecule has 16 heteroatoms. The zero-order valence-corrected chi connectivity index (χ0v) is 38.9. The first-order chi connectivity index (χ1) is 33.4. The number of piperidine rings is 1. The number of phenolic OH excluding ortho intramolecular Hbond substituents is 1. The molecule has 1 saturated heterocycles. The number of rotatable bonds is 19. The third-order valence-electron chi connectivity index (χ3n) is 12.9. The molecular weight excluding hydrogens is 902 g/mol. The molecule has 7 N–H and O–H groups in total. The number of aromatic nitrogens is 1. The molecule has 69 heavy (non-hydrogen) atoms. The topological polar surface area (TPSA) is 212 Å². The first-order valence-corrected chi connectivity index (χ1v) is 23.4. The summed E-state index contributed by atoms with van der Waals surface area (Å²) in [7, 11) is 1.48. The molecule has 5 aromatic carbocycles. The van der Waals surface area contributed by atoms with Crippen molar-refractivity contribution < 1.29 is 43.9 Å².